The van der Waals surface area contributed by atoms with E-state index in [1.807, 2.05) is 20.8 Å². The molecule has 1 fully saturated rings. The summed E-state index contributed by atoms with van der Waals surface area (Å²) in [7, 11) is 0. The number of amides is 1. The highest BCUT2D eigenvalue weighted by atomic mass is 32.2. The largest absolute Gasteiger partial charge is 0.352 e. The molecule has 1 amide bonds. The average Bonchev–Trinajstić information content (AvgIpc) is 2.91. The third-order valence-electron chi connectivity index (χ3n) is 5.96. The summed E-state index contributed by atoms with van der Waals surface area (Å²) >= 11 is 2.91. The number of thiophene rings is 1. The maximum atomic E-state index is 12.9. The van der Waals surface area contributed by atoms with Gasteiger partial charge < -0.3 is 5.32 Å². The highest BCUT2D eigenvalue weighted by Gasteiger charge is 2.28. The lowest BCUT2D eigenvalue weighted by Crippen LogP contribution is -2.44. The Kier molecular flexibility index (Phi) is 6.31. The fraction of sp³-hybridized carbons (Fsp3) is 0.650. The van der Waals surface area contributed by atoms with Gasteiger partial charge in [0.05, 0.1) is 11.1 Å². The van der Waals surface area contributed by atoms with Crippen LogP contribution in [0.15, 0.2) is 9.95 Å². The van der Waals surface area contributed by atoms with Crippen LogP contribution in [0.1, 0.15) is 50.5 Å². The molecule has 1 aliphatic rings. The lowest BCUT2D eigenvalue weighted by Gasteiger charge is -2.34. The molecule has 0 aliphatic heterocycles. The minimum atomic E-state index is 0.00184. The Balaban J connectivity index is 1.74. The predicted molar refractivity (Wildman–Crippen MR) is 114 cm³/mol. The Morgan fingerprint density at radius 3 is 2.78 bits per heavy atom. The summed E-state index contributed by atoms with van der Waals surface area (Å²) < 4.78 is 1.69. The molecule has 0 unspecified atom stereocenters. The summed E-state index contributed by atoms with van der Waals surface area (Å²) in [6.45, 7) is 11.0. The SMILES string of the molecule is CCn1c(SCC(=O)N[C@H]2CCC[C@@H](C)[C@H]2C)nc2sc(C)c(C)c2c1=O. The van der Waals surface area contributed by atoms with Crippen LogP contribution in [0, 0.1) is 25.7 Å². The molecular formula is C20H29N3O2S2. The molecule has 1 N–H and O–H groups in total. The van der Waals surface area contributed by atoms with Crippen molar-refractivity contribution >= 4 is 39.2 Å². The first-order valence-electron chi connectivity index (χ1n) is 9.76. The van der Waals surface area contributed by atoms with Crippen LogP contribution in [0.3, 0.4) is 0 Å². The summed E-state index contributed by atoms with van der Waals surface area (Å²) in [4.78, 5) is 32.0. The maximum absolute atomic E-state index is 12.9. The van der Waals surface area contributed by atoms with E-state index in [1.165, 1.54) is 24.6 Å². The monoisotopic (exact) mass is 407 g/mol. The minimum absolute atomic E-state index is 0.00184. The molecule has 148 valence electrons. The van der Waals surface area contributed by atoms with Crippen LogP contribution in [0.5, 0.6) is 0 Å². The van der Waals surface area contributed by atoms with E-state index in [0.29, 0.717) is 29.3 Å². The van der Waals surface area contributed by atoms with Gasteiger partial charge in [0.2, 0.25) is 5.91 Å². The molecule has 7 heteroatoms. The van der Waals surface area contributed by atoms with Crippen molar-refractivity contribution in [1.82, 2.24) is 14.9 Å². The molecule has 0 spiro atoms. The highest BCUT2D eigenvalue weighted by molar-refractivity contribution is 7.99. The lowest BCUT2D eigenvalue weighted by atomic mass is 9.78. The number of carbonyl (C=O) groups excluding carboxylic acids is 1. The van der Waals surface area contributed by atoms with Crippen molar-refractivity contribution in [2.24, 2.45) is 11.8 Å². The number of aromatic nitrogens is 2. The van der Waals surface area contributed by atoms with Crippen LogP contribution in [0.25, 0.3) is 10.2 Å². The Bertz CT molecular complexity index is 903. The first-order valence-corrected chi connectivity index (χ1v) is 11.6. The molecular weight excluding hydrogens is 378 g/mol. The summed E-state index contributed by atoms with van der Waals surface area (Å²) in [6, 6.07) is 0.258. The molecule has 27 heavy (non-hydrogen) atoms. The summed E-state index contributed by atoms with van der Waals surface area (Å²) in [6.07, 6.45) is 3.47. The first kappa shape index (κ1) is 20.4. The zero-order valence-electron chi connectivity index (χ0n) is 16.8. The molecule has 0 saturated heterocycles. The second kappa shape index (κ2) is 8.35. The number of carbonyl (C=O) groups is 1. The number of aryl methyl sites for hydroxylation is 2. The fourth-order valence-corrected chi connectivity index (χ4v) is 5.81. The van der Waals surface area contributed by atoms with E-state index in [0.717, 1.165) is 27.1 Å². The maximum Gasteiger partial charge on any atom is 0.263 e. The number of hydrogen-bond donors (Lipinski definition) is 1. The van der Waals surface area contributed by atoms with Crippen molar-refractivity contribution in [1.29, 1.82) is 0 Å². The highest BCUT2D eigenvalue weighted by Crippen LogP contribution is 2.30. The smallest absolute Gasteiger partial charge is 0.263 e. The quantitative estimate of drug-likeness (QED) is 0.598. The summed E-state index contributed by atoms with van der Waals surface area (Å²) in [5.41, 5.74) is 1.02. The van der Waals surface area contributed by atoms with Crippen LogP contribution in [-0.2, 0) is 11.3 Å². The number of nitrogens with zero attached hydrogens (tertiary/aromatic N) is 2. The van der Waals surface area contributed by atoms with Gasteiger partial charge in [-0.15, -0.1) is 11.3 Å². The van der Waals surface area contributed by atoms with Gasteiger partial charge in [0.25, 0.3) is 5.56 Å². The van der Waals surface area contributed by atoms with Crippen molar-refractivity contribution in [2.45, 2.75) is 71.6 Å². The Morgan fingerprint density at radius 1 is 1.33 bits per heavy atom. The molecule has 0 aromatic carbocycles. The van der Waals surface area contributed by atoms with E-state index in [4.69, 9.17) is 4.98 Å². The van der Waals surface area contributed by atoms with Gasteiger partial charge in [-0.3, -0.25) is 14.2 Å². The average molecular weight is 408 g/mol. The van der Waals surface area contributed by atoms with Crippen molar-refractivity contribution in [2.75, 3.05) is 5.75 Å². The number of rotatable bonds is 5. The van der Waals surface area contributed by atoms with Crippen LogP contribution < -0.4 is 10.9 Å². The molecule has 2 aromatic rings. The minimum Gasteiger partial charge on any atom is -0.352 e. The van der Waals surface area contributed by atoms with E-state index in [2.05, 4.69) is 19.2 Å². The van der Waals surface area contributed by atoms with E-state index in [-0.39, 0.29) is 17.5 Å². The van der Waals surface area contributed by atoms with Gasteiger partial charge in [-0.2, -0.15) is 0 Å². The van der Waals surface area contributed by atoms with Crippen molar-refractivity contribution in [3.8, 4) is 0 Å². The van der Waals surface area contributed by atoms with Crippen molar-refractivity contribution in [3.63, 3.8) is 0 Å². The molecule has 0 radical (unpaired) electrons. The summed E-state index contributed by atoms with van der Waals surface area (Å²) in [5, 5.41) is 4.56. The Labute approximate surface area is 169 Å². The molecule has 0 bridgehead atoms. The Morgan fingerprint density at radius 2 is 2.07 bits per heavy atom. The topological polar surface area (TPSA) is 64.0 Å². The van der Waals surface area contributed by atoms with Gasteiger partial charge in [-0.05, 0) is 44.6 Å². The van der Waals surface area contributed by atoms with E-state index >= 15 is 0 Å². The van der Waals surface area contributed by atoms with Crippen LogP contribution >= 0.6 is 23.1 Å². The number of hydrogen-bond acceptors (Lipinski definition) is 5. The number of nitrogens with one attached hydrogen (secondary N) is 1. The van der Waals surface area contributed by atoms with Gasteiger partial charge in [0, 0.05) is 17.5 Å². The predicted octanol–water partition coefficient (Wildman–Crippen LogP) is 4.13. The van der Waals surface area contributed by atoms with Crippen molar-refractivity contribution < 1.29 is 4.79 Å². The standard InChI is InChI=1S/C20H29N3O2S2/c1-6-23-19(25)17-13(4)14(5)27-18(17)22-20(23)26-10-16(24)21-15-9-7-8-11(2)12(15)3/h11-12,15H,6-10H2,1-5H3,(H,21,24)/t11-,12-,15+/m1/s1. The van der Waals surface area contributed by atoms with Gasteiger partial charge in [0.1, 0.15) is 4.83 Å². The third-order valence-corrected chi connectivity index (χ3v) is 8.03. The zero-order chi connectivity index (χ0) is 19.7. The number of thioether (sulfide) groups is 1. The van der Waals surface area contributed by atoms with Crippen LogP contribution in [0.4, 0.5) is 0 Å². The van der Waals surface area contributed by atoms with Gasteiger partial charge in [-0.1, -0.05) is 38.5 Å². The van der Waals surface area contributed by atoms with E-state index in [9.17, 15) is 9.59 Å². The molecule has 5 nitrogen and oxygen atoms in total. The molecule has 3 atom stereocenters. The third kappa shape index (κ3) is 4.09. The van der Waals surface area contributed by atoms with Gasteiger partial charge in [-0.25, -0.2) is 4.98 Å². The summed E-state index contributed by atoms with van der Waals surface area (Å²) in [5.74, 6) is 1.48. The van der Waals surface area contributed by atoms with E-state index in [1.54, 1.807) is 15.9 Å². The first-order chi connectivity index (χ1) is 12.8. The zero-order valence-corrected chi connectivity index (χ0v) is 18.4. The van der Waals surface area contributed by atoms with E-state index < -0.39 is 0 Å². The molecule has 1 saturated carbocycles. The second-order valence-electron chi connectivity index (χ2n) is 7.64. The molecule has 1 aliphatic carbocycles. The Hall–Kier alpha value is -1.34. The van der Waals surface area contributed by atoms with Crippen molar-refractivity contribution in [3.05, 3.63) is 20.8 Å². The van der Waals surface area contributed by atoms with Gasteiger partial charge in [0.15, 0.2) is 5.16 Å². The lowest BCUT2D eigenvalue weighted by molar-refractivity contribution is -0.120. The molecule has 3 rings (SSSR count). The molecule has 2 aromatic heterocycles. The van der Waals surface area contributed by atoms with Crippen LogP contribution in [-0.4, -0.2) is 27.3 Å². The fourth-order valence-electron chi connectivity index (χ4n) is 3.86. The van der Waals surface area contributed by atoms with Gasteiger partial charge >= 0.3 is 0 Å². The molecule has 2 heterocycles. The second-order valence-corrected chi connectivity index (χ2v) is 9.78. The normalized spacial score (nSPS) is 22.9. The van der Waals surface area contributed by atoms with Crippen LogP contribution in [0.2, 0.25) is 0 Å². The number of fused-ring (bicyclic) bond motifs is 1.